The van der Waals surface area contributed by atoms with Crippen LogP contribution >= 0.6 is 23.2 Å². The highest BCUT2D eigenvalue weighted by Crippen LogP contribution is 2.27. The van der Waals surface area contributed by atoms with Crippen molar-refractivity contribution < 1.29 is 4.74 Å². The number of rotatable bonds is 6. The lowest BCUT2D eigenvalue weighted by Crippen LogP contribution is -2.13. The molecule has 3 nitrogen and oxygen atoms in total. The van der Waals surface area contributed by atoms with Crippen molar-refractivity contribution in [2.75, 3.05) is 30.8 Å². The first kappa shape index (κ1) is 14.8. The number of methoxy groups -OCH3 is 1. The Hall–Kier alpha value is -1.58. The lowest BCUT2D eigenvalue weighted by Gasteiger charge is -2.10. The zero-order valence-electron chi connectivity index (χ0n) is 11.1. The van der Waals surface area contributed by atoms with Gasteiger partial charge in [0.2, 0.25) is 0 Å². The Bertz CT molecular complexity index is 558. The predicted molar refractivity (Wildman–Crippen MR) is 86.4 cm³/mol. The zero-order valence-corrected chi connectivity index (χ0v) is 12.6. The number of ether oxygens (including phenoxy) is 1. The third-order valence-electron chi connectivity index (χ3n) is 2.78. The predicted octanol–water partition coefficient (Wildman–Crippen LogP) is 4.53. The van der Waals surface area contributed by atoms with E-state index in [9.17, 15) is 0 Å². The Morgan fingerprint density at radius 3 is 2.10 bits per heavy atom. The Balaban J connectivity index is 1.78. The largest absolute Gasteiger partial charge is 0.495 e. The topological polar surface area (TPSA) is 33.3 Å². The van der Waals surface area contributed by atoms with Gasteiger partial charge in [-0.25, -0.2) is 0 Å². The van der Waals surface area contributed by atoms with Crippen LogP contribution in [0.4, 0.5) is 11.4 Å². The highest BCUT2D eigenvalue weighted by molar-refractivity contribution is 6.32. The first-order chi connectivity index (χ1) is 9.69. The molecule has 2 aromatic rings. The molecule has 0 saturated carbocycles. The minimum atomic E-state index is 0.600. The van der Waals surface area contributed by atoms with E-state index in [2.05, 4.69) is 10.6 Å². The summed E-state index contributed by atoms with van der Waals surface area (Å²) in [5, 5.41) is 7.93. The van der Waals surface area contributed by atoms with Gasteiger partial charge in [0.05, 0.1) is 12.1 Å². The Labute approximate surface area is 128 Å². The molecular formula is C15H16Cl2N2O. The van der Waals surface area contributed by atoms with Crippen LogP contribution in [0.3, 0.4) is 0 Å². The Kier molecular flexibility index (Phi) is 5.39. The second-order valence-corrected chi connectivity index (χ2v) is 5.05. The van der Waals surface area contributed by atoms with Gasteiger partial charge < -0.3 is 15.4 Å². The zero-order chi connectivity index (χ0) is 14.4. The lowest BCUT2D eigenvalue weighted by molar-refractivity contribution is 0.415. The molecule has 0 heterocycles. The molecule has 20 heavy (non-hydrogen) atoms. The van der Waals surface area contributed by atoms with Crippen LogP contribution < -0.4 is 15.4 Å². The van der Waals surface area contributed by atoms with Crippen LogP contribution in [-0.4, -0.2) is 20.2 Å². The minimum Gasteiger partial charge on any atom is -0.495 e. The van der Waals surface area contributed by atoms with Gasteiger partial charge in [0.25, 0.3) is 0 Å². The van der Waals surface area contributed by atoms with Gasteiger partial charge in [-0.1, -0.05) is 23.2 Å². The summed E-state index contributed by atoms with van der Waals surface area (Å²) < 4.78 is 5.11. The summed E-state index contributed by atoms with van der Waals surface area (Å²) in [5.74, 6) is 0.677. The molecule has 0 aliphatic heterocycles. The van der Waals surface area contributed by atoms with E-state index in [-0.39, 0.29) is 0 Å². The second kappa shape index (κ2) is 7.27. The maximum absolute atomic E-state index is 6.06. The van der Waals surface area contributed by atoms with Gasteiger partial charge in [0.15, 0.2) is 0 Å². The molecule has 2 N–H and O–H groups in total. The summed E-state index contributed by atoms with van der Waals surface area (Å²) in [6.07, 6.45) is 0. The van der Waals surface area contributed by atoms with E-state index in [0.29, 0.717) is 10.8 Å². The van der Waals surface area contributed by atoms with Crippen molar-refractivity contribution in [2.24, 2.45) is 0 Å². The van der Waals surface area contributed by atoms with Crippen LogP contribution in [0, 0.1) is 0 Å². The third-order valence-corrected chi connectivity index (χ3v) is 3.33. The first-order valence-corrected chi connectivity index (χ1v) is 7.01. The molecular weight excluding hydrogens is 295 g/mol. The van der Waals surface area contributed by atoms with Crippen molar-refractivity contribution in [1.82, 2.24) is 0 Å². The average Bonchev–Trinajstić information content (AvgIpc) is 2.46. The summed E-state index contributed by atoms with van der Waals surface area (Å²) >= 11 is 11.9. The van der Waals surface area contributed by atoms with Gasteiger partial charge in [0.1, 0.15) is 5.75 Å². The number of anilines is 2. The van der Waals surface area contributed by atoms with E-state index in [4.69, 9.17) is 27.9 Å². The summed E-state index contributed by atoms with van der Waals surface area (Å²) in [7, 11) is 1.60. The van der Waals surface area contributed by atoms with Crippen LogP contribution in [-0.2, 0) is 0 Å². The molecule has 106 valence electrons. The molecule has 0 aliphatic carbocycles. The van der Waals surface area contributed by atoms with E-state index in [1.165, 1.54) is 0 Å². The fourth-order valence-corrected chi connectivity index (χ4v) is 2.14. The summed E-state index contributed by atoms with van der Waals surface area (Å²) in [6, 6.07) is 13.3. The normalized spacial score (nSPS) is 10.2. The standard InChI is InChI=1S/C15H16Cl2N2O/c1-20-15-7-6-13(10-14(15)17)19-9-8-18-12-4-2-11(16)3-5-12/h2-7,10,18-19H,8-9H2,1H3. The van der Waals surface area contributed by atoms with Crippen LogP contribution in [0.25, 0.3) is 0 Å². The molecule has 5 heteroatoms. The number of benzene rings is 2. The number of hydrogen-bond acceptors (Lipinski definition) is 3. The quantitative estimate of drug-likeness (QED) is 0.769. The van der Waals surface area contributed by atoms with E-state index >= 15 is 0 Å². The van der Waals surface area contributed by atoms with E-state index in [1.807, 2.05) is 42.5 Å². The maximum Gasteiger partial charge on any atom is 0.137 e. The summed E-state index contributed by atoms with van der Waals surface area (Å²) in [5.41, 5.74) is 2.01. The molecule has 0 fully saturated rings. The van der Waals surface area contributed by atoms with Crippen LogP contribution in [0.1, 0.15) is 0 Å². The molecule has 2 rings (SSSR count). The Morgan fingerprint density at radius 2 is 1.50 bits per heavy atom. The molecule has 0 spiro atoms. The molecule has 0 unspecified atom stereocenters. The van der Waals surface area contributed by atoms with E-state index in [0.717, 1.165) is 29.5 Å². The molecule has 0 amide bonds. The summed E-state index contributed by atoms with van der Waals surface area (Å²) in [4.78, 5) is 0. The highest BCUT2D eigenvalue weighted by atomic mass is 35.5. The van der Waals surface area contributed by atoms with Crippen molar-refractivity contribution in [3.05, 3.63) is 52.5 Å². The monoisotopic (exact) mass is 310 g/mol. The maximum atomic E-state index is 6.06. The van der Waals surface area contributed by atoms with Crippen molar-refractivity contribution in [3.63, 3.8) is 0 Å². The van der Waals surface area contributed by atoms with Crippen molar-refractivity contribution >= 4 is 34.6 Å². The molecule has 0 aromatic heterocycles. The lowest BCUT2D eigenvalue weighted by atomic mass is 10.3. The molecule has 0 radical (unpaired) electrons. The van der Waals surface area contributed by atoms with Crippen LogP contribution in [0.15, 0.2) is 42.5 Å². The minimum absolute atomic E-state index is 0.600. The van der Waals surface area contributed by atoms with Crippen molar-refractivity contribution in [2.45, 2.75) is 0 Å². The van der Waals surface area contributed by atoms with Gasteiger partial charge in [0, 0.05) is 29.5 Å². The van der Waals surface area contributed by atoms with E-state index < -0.39 is 0 Å². The number of nitrogens with one attached hydrogen (secondary N) is 2. The smallest absolute Gasteiger partial charge is 0.137 e. The van der Waals surface area contributed by atoms with Gasteiger partial charge in [-0.15, -0.1) is 0 Å². The average molecular weight is 311 g/mol. The third kappa shape index (κ3) is 4.22. The molecule has 2 aromatic carbocycles. The van der Waals surface area contributed by atoms with Gasteiger partial charge in [-0.2, -0.15) is 0 Å². The van der Waals surface area contributed by atoms with Gasteiger partial charge >= 0.3 is 0 Å². The SMILES string of the molecule is COc1ccc(NCCNc2ccc(Cl)cc2)cc1Cl. The van der Waals surface area contributed by atoms with Gasteiger partial charge in [-0.05, 0) is 42.5 Å². The van der Waals surface area contributed by atoms with Crippen LogP contribution in [0.5, 0.6) is 5.75 Å². The highest BCUT2D eigenvalue weighted by Gasteiger charge is 2.01. The summed E-state index contributed by atoms with van der Waals surface area (Å²) in [6.45, 7) is 1.58. The molecule has 0 bridgehead atoms. The number of halogens is 2. The van der Waals surface area contributed by atoms with E-state index in [1.54, 1.807) is 7.11 Å². The van der Waals surface area contributed by atoms with Crippen molar-refractivity contribution in [1.29, 1.82) is 0 Å². The fourth-order valence-electron chi connectivity index (χ4n) is 1.76. The second-order valence-electron chi connectivity index (χ2n) is 4.21. The Morgan fingerprint density at radius 1 is 0.900 bits per heavy atom. The molecule has 0 aliphatic rings. The first-order valence-electron chi connectivity index (χ1n) is 6.26. The van der Waals surface area contributed by atoms with Crippen LogP contribution in [0.2, 0.25) is 10.0 Å². The fraction of sp³-hybridized carbons (Fsp3) is 0.200. The molecule has 0 atom stereocenters. The van der Waals surface area contributed by atoms with Crippen molar-refractivity contribution in [3.8, 4) is 5.75 Å². The number of hydrogen-bond donors (Lipinski definition) is 2. The molecule has 0 saturated heterocycles. The van der Waals surface area contributed by atoms with Gasteiger partial charge in [-0.3, -0.25) is 0 Å².